The van der Waals surface area contributed by atoms with E-state index >= 15 is 0 Å². The third-order valence-corrected chi connectivity index (χ3v) is 5.89. The monoisotopic (exact) mass is 435 g/mol. The van der Waals surface area contributed by atoms with Gasteiger partial charge in [0.25, 0.3) is 0 Å². The molecule has 31 heavy (non-hydrogen) atoms. The first-order valence-electron chi connectivity index (χ1n) is 9.67. The van der Waals surface area contributed by atoms with Crippen molar-refractivity contribution in [1.29, 1.82) is 0 Å². The molecular formula is C21H18FN7OS. The van der Waals surface area contributed by atoms with Crippen LogP contribution in [-0.2, 0) is 4.79 Å². The quantitative estimate of drug-likeness (QED) is 0.610. The summed E-state index contributed by atoms with van der Waals surface area (Å²) >= 11 is 1.41. The Morgan fingerprint density at radius 3 is 2.71 bits per heavy atom. The molecule has 2 aromatic heterocycles. The van der Waals surface area contributed by atoms with Gasteiger partial charge in [0.1, 0.15) is 6.04 Å². The van der Waals surface area contributed by atoms with E-state index in [0.717, 1.165) is 29.2 Å². The van der Waals surface area contributed by atoms with Crippen LogP contribution in [0.4, 0.5) is 15.9 Å². The van der Waals surface area contributed by atoms with Crippen molar-refractivity contribution in [2.24, 2.45) is 5.92 Å². The highest BCUT2D eigenvalue weighted by molar-refractivity contribution is 7.98. The van der Waals surface area contributed by atoms with Gasteiger partial charge >= 0.3 is 0 Å². The zero-order valence-electron chi connectivity index (χ0n) is 16.8. The molecule has 0 unspecified atom stereocenters. The van der Waals surface area contributed by atoms with E-state index in [1.165, 1.54) is 11.8 Å². The molecule has 1 aromatic carbocycles. The van der Waals surface area contributed by atoms with Crippen molar-refractivity contribution in [3.63, 3.8) is 0 Å². The van der Waals surface area contributed by atoms with Crippen molar-refractivity contribution in [1.82, 2.24) is 25.1 Å². The number of anilines is 2. The fourth-order valence-corrected chi connectivity index (χ4v) is 4.01. The maximum Gasteiger partial charge on any atom is 0.247 e. The molecule has 0 saturated carbocycles. The van der Waals surface area contributed by atoms with Crippen molar-refractivity contribution in [2.45, 2.75) is 24.5 Å². The van der Waals surface area contributed by atoms with Crippen LogP contribution in [0.1, 0.15) is 12.0 Å². The molecule has 0 bridgehead atoms. The van der Waals surface area contributed by atoms with Crippen LogP contribution in [0.15, 0.2) is 53.7 Å². The summed E-state index contributed by atoms with van der Waals surface area (Å²) in [6, 6.07) is 5.11. The largest absolute Gasteiger partial charge is 0.324 e. The van der Waals surface area contributed by atoms with Crippen molar-refractivity contribution in [3.8, 4) is 11.4 Å². The summed E-state index contributed by atoms with van der Waals surface area (Å²) in [7, 11) is 0. The van der Waals surface area contributed by atoms with Crippen molar-refractivity contribution >= 4 is 29.2 Å². The summed E-state index contributed by atoms with van der Waals surface area (Å²) in [6.07, 6.45) is 8.59. The normalized spacial score (nSPS) is 19.1. The zero-order chi connectivity index (χ0) is 21.5. The van der Waals surface area contributed by atoms with E-state index in [2.05, 4.69) is 36.5 Å². The van der Waals surface area contributed by atoms with Gasteiger partial charge in [-0.1, -0.05) is 23.9 Å². The molecule has 1 N–H and O–H groups in total. The van der Waals surface area contributed by atoms with Gasteiger partial charge in [0.15, 0.2) is 17.5 Å². The molecule has 3 aromatic rings. The highest BCUT2D eigenvalue weighted by atomic mass is 32.2. The number of benzene rings is 1. The van der Waals surface area contributed by atoms with E-state index in [9.17, 15) is 9.18 Å². The van der Waals surface area contributed by atoms with Gasteiger partial charge in [-0.15, -0.1) is 10.2 Å². The van der Waals surface area contributed by atoms with E-state index in [1.807, 2.05) is 30.2 Å². The fraction of sp³-hybridized carbons (Fsp3) is 0.238. The first-order valence-corrected chi connectivity index (χ1v) is 10.9. The van der Waals surface area contributed by atoms with Crippen LogP contribution in [0.5, 0.6) is 0 Å². The van der Waals surface area contributed by atoms with Gasteiger partial charge in [-0.25, -0.2) is 19.3 Å². The van der Waals surface area contributed by atoms with E-state index in [-0.39, 0.29) is 5.91 Å². The summed E-state index contributed by atoms with van der Waals surface area (Å²) in [4.78, 5) is 27.4. The lowest BCUT2D eigenvalue weighted by Gasteiger charge is -2.24. The molecule has 1 saturated heterocycles. The van der Waals surface area contributed by atoms with Gasteiger partial charge in [0.05, 0.1) is 18.6 Å². The minimum absolute atomic E-state index is 0.140. The summed E-state index contributed by atoms with van der Waals surface area (Å²) in [5.74, 6) is 0.619. The van der Waals surface area contributed by atoms with E-state index in [4.69, 9.17) is 0 Å². The zero-order valence-corrected chi connectivity index (χ0v) is 17.6. The predicted octanol–water partition coefficient (Wildman–Crippen LogP) is 3.23. The number of fused-ring (bicyclic) bond motifs is 1. The fourth-order valence-electron chi connectivity index (χ4n) is 3.73. The first-order chi connectivity index (χ1) is 15.0. The maximum absolute atomic E-state index is 13.2. The Hall–Kier alpha value is -3.40. The number of hydrogen-bond donors (Lipinski definition) is 1. The Bertz CT molecular complexity index is 1180. The van der Waals surface area contributed by atoms with Gasteiger partial charge in [-0.3, -0.25) is 4.79 Å². The lowest BCUT2D eigenvalue weighted by Crippen LogP contribution is -2.39. The molecule has 10 heteroatoms. The number of rotatable bonds is 5. The SMILES string of the molecule is CSc1ncc(N2C3=C[C@@H]3C[C@@H]2C(=O)Nc2ccc(C)c(-c3ncc(F)cn3)c2)nn1. The first kappa shape index (κ1) is 19.6. The summed E-state index contributed by atoms with van der Waals surface area (Å²) in [5.41, 5.74) is 3.36. The number of aryl methyl sites for hydroxylation is 1. The second kappa shape index (κ2) is 7.69. The van der Waals surface area contributed by atoms with Gasteiger partial charge < -0.3 is 10.2 Å². The average molecular weight is 435 g/mol. The highest BCUT2D eigenvalue weighted by Gasteiger charge is 2.47. The Balaban J connectivity index is 1.37. The van der Waals surface area contributed by atoms with Crippen LogP contribution in [0.3, 0.4) is 0 Å². The predicted molar refractivity (Wildman–Crippen MR) is 115 cm³/mol. The Morgan fingerprint density at radius 2 is 2.00 bits per heavy atom. The number of halogens is 1. The second-order valence-electron chi connectivity index (χ2n) is 7.37. The third-order valence-electron chi connectivity index (χ3n) is 5.34. The molecule has 3 heterocycles. The number of nitrogens with one attached hydrogen (secondary N) is 1. The highest BCUT2D eigenvalue weighted by Crippen LogP contribution is 2.47. The third kappa shape index (κ3) is 3.74. The number of hydrogen-bond acceptors (Lipinski definition) is 8. The molecule has 0 radical (unpaired) electrons. The number of carbonyl (C=O) groups excluding carboxylic acids is 1. The van der Waals surface area contributed by atoms with Crippen molar-refractivity contribution in [3.05, 3.63) is 59.9 Å². The Morgan fingerprint density at radius 1 is 1.19 bits per heavy atom. The molecule has 1 aliphatic heterocycles. The number of allylic oxidation sites excluding steroid dienone is 2. The lowest BCUT2D eigenvalue weighted by molar-refractivity contribution is -0.117. The molecule has 1 fully saturated rings. The van der Waals surface area contributed by atoms with Gasteiger partial charge in [0, 0.05) is 22.9 Å². The van der Waals surface area contributed by atoms with Crippen LogP contribution >= 0.6 is 11.8 Å². The Labute approximate surface area is 182 Å². The van der Waals surface area contributed by atoms with Crippen LogP contribution in [0.2, 0.25) is 0 Å². The Kier molecular flexibility index (Phi) is 4.85. The topological polar surface area (TPSA) is 96.8 Å². The van der Waals surface area contributed by atoms with Crippen molar-refractivity contribution in [2.75, 3.05) is 16.5 Å². The summed E-state index contributed by atoms with van der Waals surface area (Å²) in [5, 5.41) is 11.9. The molecule has 1 aliphatic carbocycles. The van der Waals surface area contributed by atoms with E-state index < -0.39 is 11.9 Å². The van der Waals surface area contributed by atoms with Crippen LogP contribution in [0.25, 0.3) is 11.4 Å². The number of amides is 1. The van der Waals surface area contributed by atoms with Crippen LogP contribution in [-0.4, -0.2) is 43.4 Å². The molecule has 0 spiro atoms. The van der Waals surface area contributed by atoms with Gasteiger partial charge in [-0.05, 0) is 37.3 Å². The molecule has 2 aliphatic rings. The minimum Gasteiger partial charge on any atom is -0.324 e. The molecule has 2 atom stereocenters. The molecule has 5 rings (SSSR count). The van der Waals surface area contributed by atoms with Gasteiger partial charge in [-0.2, -0.15) is 0 Å². The van der Waals surface area contributed by atoms with E-state index in [1.54, 1.807) is 12.3 Å². The lowest BCUT2D eigenvalue weighted by atomic mass is 10.1. The standard InChI is InChI=1S/C21H18FN7OS/c1-11-3-4-14(7-15(11)19-23-8-13(22)9-24-19)26-20(30)17-6-12-5-16(12)29(17)18-10-25-21(31-2)28-27-18/h3-5,7-10,12,17H,6H2,1-2H3,(H,26,30)/t12-,17-/m1/s1. The number of carbonyl (C=O) groups is 1. The molecule has 1 amide bonds. The number of nitrogens with zero attached hydrogens (tertiary/aromatic N) is 6. The molecule has 156 valence electrons. The number of aromatic nitrogens is 5. The van der Waals surface area contributed by atoms with Crippen LogP contribution < -0.4 is 10.2 Å². The number of thioether (sulfide) groups is 1. The van der Waals surface area contributed by atoms with Crippen LogP contribution in [0, 0.1) is 18.7 Å². The summed E-state index contributed by atoms with van der Waals surface area (Å²) in [6.45, 7) is 1.91. The molecular weight excluding hydrogens is 417 g/mol. The summed E-state index contributed by atoms with van der Waals surface area (Å²) < 4.78 is 13.2. The maximum atomic E-state index is 13.2. The van der Waals surface area contributed by atoms with Gasteiger partial charge in [0.2, 0.25) is 11.1 Å². The minimum atomic E-state index is -0.497. The van der Waals surface area contributed by atoms with E-state index in [0.29, 0.717) is 34.8 Å². The second-order valence-corrected chi connectivity index (χ2v) is 8.14. The van der Waals surface area contributed by atoms with Crippen molar-refractivity contribution < 1.29 is 9.18 Å². The molecule has 8 nitrogen and oxygen atoms in total. The average Bonchev–Trinajstić information content (AvgIpc) is 3.45. The smallest absolute Gasteiger partial charge is 0.247 e.